The average Bonchev–Trinajstić information content (AvgIpc) is 2.97. The summed E-state index contributed by atoms with van der Waals surface area (Å²) in [5.74, 6) is -0.264. The molecule has 1 saturated heterocycles. The summed E-state index contributed by atoms with van der Waals surface area (Å²) in [6.07, 6.45) is 2.14. The molecule has 128 valence electrons. The molecule has 6 heteroatoms. The van der Waals surface area contributed by atoms with Gasteiger partial charge in [0.2, 0.25) is 0 Å². The predicted molar refractivity (Wildman–Crippen MR) is 87.8 cm³/mol. The molecule has 0 bridgehead atoms. The summed E-state index contributed by atoms with van der Waals surface area (Å²) < 4.78 is 32.4. The second-order valence-electron chi connectivity index (χ2n) is 7.02. The van der Waals surface area contributed by atoms with Gasteiger partial charge in [-0.3, -0.25) is 0 Å². The second kappa shape index (κ2) is 6.43. The number of rotatable bonds is 3. The van der Waals surface area contributed by atoms with Crippen LogP contribution in [0.2, 0.25) is 0 Å². The Balaban J connectivity index is 1.80. The molecular formula is C18H21F2N3O. The van der Waals surface area contributed by atoms with E-state index in [1.807, 2.05) is 0 Å². The molecule has 1 aromatic heterocycles. The Morgan fingerprint density at radius 3 is 2.67 bits per heavy atom. The van der Waals surface area contributed by atoms with Crippen LogP contribution in [0.4, 0.5) is 14.6 Å². The standard InChI is InChI=1S/C18H21F2N3O/c1-18(2,3)17-21-8-6-15(23-17)22-14-7-9-24-16(14)11-4-5-12(19)13(20)10-11/h4-6,8,10,14,16H,7,9H2,1-3H3,(H,21,22,23). The van der Waals surface area contributed by atoms with Crippen LogP contribution in [0.1, 0.15) is 44.7 Å². The Hall–Kier alpha value is -2.08. The third kappa shape index (κ3) is 3.53. The van der Waals surface area contributed by atoms with Crippen LogP contribution in [0.5, 0.6) is 0 Å². The van der Waals surface area contributed by atoms with Crippen molar-refractivity contribution in [3.63, 3.8) is 0 Å². The van der Waals surface area contributed by atoms with Crippen LogP contribution in [0.15, 0.2) is 30.5 Å². The van der Waals surface area contributed by atoms with Crippen molar-refractivity contribution < 1.29 is 13.5 Å². The molecule has 0 saturated carbocycles. The monoisotopic (exact) mass is 333 g/mol. The molecule has 0 radical (unpaired) electrons. The van der Waals surface area contributed by atoms with Crippen LogP contribution < -0.4 is 5.32 Å². The fourth-order valence-corrected chi connectivity index (χ4v) is 2.75. The number of halogens is 2. The first-order valence-electron chi connectivity index (χ1n) is 8.01. The maximum atomic E-state index is 13.5. The quantitative estimate of drug-likeness (QED) is 0.922. The zero-order valence-corrected chi connectivity index (χ0v) is 14.0. The molecule has 1 N–H and O–H groups in total. The minimum Gasteiger partial charge on any atom is -0.371 e. The fraction of sp³-hybridized carbons (Fsp3) is 0.444. The lowest BCUT2D eigenvalue weighted by atomic mass is 9.96. The molecule has 2 unspecified atom stereocenters. The summed E-state index contributed by atoms with van der Waals surface area (Å²) in [4.78, 5) is 8.87. The van der Waals surface area contributed by atoms with Gasteiger partial charge in [-0.15, -0.1) is 0 Å². The molecule has 0 amide bonds. The number of benzene rings is 1. The third-order valence-corrected chi connectivity index (χ3v) is 4.02. The van der Waals surface area contributed by atoms with E-state index in [0.29, 0.717) is 18.0 Å². The van der Waals surface area contributed by atoms with Gasteiger partial charge in [-0.1, -0.05) is 26.8 Å². The average molecular weight is 333 g/mol. The van der Waals surface area contributed by atoms with E-state index in [1.54, 1.807) is 18.3 Å². The molecule has 2 atom stereocenters. The lowest BCUT2D eigenvalue weighted by Gasteiger charge is -2.22. The molecule has 1 aliphatic heterocycles. The van der Waals surface area contributed by atoms with Crippen LogP contribution in [-0.4, -0.2) is 22.6 Å². The molecule has 3 rings (SSSR count). The number of aromatic nitrogens is 2. The van der Waals surface area contributed by atoms with Crippen molar-refractivity contribution in [1.82, 2.24) is 9.97 Å². The number of anilines is 1. The normalized spacial score (nSPS) is 21.0. The zero-order chi connectivity index (χ0) is 17.3. The first-order valence-corrected chi connectivity index (χ1v) is 8.01. The molecule has 1 fully saturated rings. The van der Waals surface area contributed by atoms with Gasteiger partial charge in [-0.2, -0.15) is 0 Å². The van der Waals surface area contributed by atoms with Gasteiger partial charge in [0.1, 0.15) is 17.7 Å². The Bertz CT molecular complexity index is 730. The lowest BCUT2D eigenvalue weighted by Crippen LogP contribution is -2.25. The first-order chi connectivity index (χ1) is 11.3. The summed E-state index contributed by atoms with van der Waals surface area (Å²) >= 11 is 0. The molecule has 0 spiro atoms. The van der Waals surface area contributed by atoms with Crippen LogP contribution in [0, 0.1) is 11.6 Å². The van der Waals surface area contributed by atoms with E-state index in [-0.39, 0.29) is 17.6 Å². The minimum absolute atomic E-state index is 0.0578. The minimum atomic E-state index is -0.862. The number of nitrogens with zero attached hydrogens (tertiary/aromatic N) is 2. The van der Waals surface area contributed by atoms with Gasteiger partial charge >= 0.3 is 0 Å². The van der Waals surface area contributed by atoms with Crippen molar-refractivity contribution in [2.45, 2.75) is 44.8 Å². The highest BCUT2D eigenvalue weighted by Gasteiger charge is 2.31. The van der Waals surface area contributed by atoms with E-state index in [0.717, 1.165) is 18.3 Å². The van der Waals surface area contributed by atoms with E-state index < -0.39 is 11.6 Å². The predicted octanol–water partition coefficient (Wildman–Crippen LogP) is 3.99. The van der Waals surface area contributed by atoms with E-state index >= 15 is 0 Å². The second-order valence-corrected chi connectivity index (χ2v) is 7.02. The number of hydrogen-bond donors (Lipinski definition) is 1. The van der Waals surface area contributed by atoms with Crippen LogP contribution in [-0.2, 0) is 10.2 Å². The molecule has 4 nitrogen and oxygen atoms in total. The fourth-order valence-electron chi connectivity index (χ4n) is 2.75. The van der Waals surface area contributed by atoms with Crippen LogP contribution in [0.25, 0.3) is 0 Å². The summed E-state index contributed by atoms with van der Waals surface area (Å²) in [7, 11) is 0. The molecule has 2 aromatic rings. The molecular weight excluding hydrogens is 312 g/mol. The van der Waals surface area contributed by atoms with Crippen molar-refractivity contribution in [2.75, 3.05) is 11.9 Å². The van der Waals surface area contributed by atoms with Crippen LogP contribution in [0.3, 0.4) is 0 Å². The highest BCUT2D eigenvalue weighted by molar-refractivity contribution is 5.37. The van der Waals surface area contributed by atoms with Crippen molar-refractivity contribution >= 4 is 5.82 Å². The summed E-state index contributed by atoms with van der Waals surface area (Å²) in [5.41, 5.74) is 0.470. The van der Waals surface area contributed by atoms with Crippen LogP contribution >= 0.6 is 0 Å². The molecule has 1 aromatic carbocycles. The molecule has 1 aliphatic rings. The molecule has 2 heterocycles. The van der Waals surface area contributed by atoms with Crippen molar-refractivity contribution in [1.29, 1.82) is 0 Å². The van der Waals surface area contributed by atoms with E-state index in [1.165, 1.54) is 6.07 Å². The smallest absolute Gasteiger partial charge is 0.159 e. The SMILES string of the molecule is CC(C)(C)c1nccc(NC2CCOC2c2ccc(F)c(F)c2)n1. The van der Waals surface area contributed by atoms with Gasteiger partial charge in [0.05, 0.1) is 6.04 Å². The maximum Gasteiger partial charge on any atom is 0.159 e. The van der Waals surface area contributed by atoms with E-state index in [9.17, 15) is 8.78 Å². The lowest BCUT2D eigenvalue weighted by molar-refractivity contribution is 0.107. The third-order valence-electron chi connectivity index (χ3n) is 4.02. The summed E-state index contributed by atoms with van der Waals surface area (Å²) in [6.45, 7) is 6.71. The highest BCUT2D eigenvalue weighted by atomic mass is 19.2. The highest BCUT2D eigenvalue weighted by Crippen LogP contribution is 2.32. The van der Waals surface area contributed by atoms with Gasteiger partial charge in [-0.25, -0.2) is 18.7 Å². The Morgan fingerprint density at radius 1 is 1.17 bits per heavy atom. The van der Waals surface area contributed by atoms with Crippen molar-refractivity contribution in [3.05, 3.63) is 53.5 Å². The largest absolute Gasteiger partial charge is 0.371 e. The zero-order valence-electron chi connectivity index (χ0n) is 14.0. The summed E-state index contributed by atoms with van der Waals surface area (Å²) in [5, 5.41) is 3.34. The summed E-state index contributed by atoms with van der Waals surface area (Å²) in [6, 6.07) is 5.63. The molecule has 24 heavy (non-hydrogen) atoms. The van der Waals surface area contributed by atoms with Crippen molar-refractivity contribution in [3.8, 4) is 0 Å². The Kier molecular flexibility index (Phi) is 4.49. The Labute approximate surface area is 140 Å². The number of nitrogens with one attached hydrogen (secondary N) is 1. The van der Waals surface area contributed by atoms with Gasteiger partial charge in [-0.05, 0) is 30.2 Å². The molecule has 0 aliphatic carbocycles. The van der Waals surface area contributed by atoms with E-state index in [4.69, 9.17) is 4.74 Å². The number of hydrogen-bond acceptors (Lipinski definition) is 4. The van der Waals surface area contributed by atoms with Gasteiger partial charge in [0.15, 0.2) is 11.6 Å². The van der Waals surface area contributed by atoms with Gasteiger partial charge < -0.3 is 10.1 Å². The van der Waals surface area contributed by atoms with Gasteiger partial charge in [0, 0.05) is 18.2 Å². The Morgan fingerprint density at radius 2 is 1.96 bits per heavy atom. The van der Waals surface area contributed by atoms with E-state index in [2.05, 4.69) is 36.1 Å². The van der Waals surface area contributed by atoms with Gasteiger partial charge in [0.25, 0.3) is 0 Å². The topological polar surface area (TPSA) is 47.0 Å². The first kappa shape index (κ1) is 16.8. The maximum absolute atomic E-state index is 13.5. The number of ether oxygens (including phenoxy) is 1. The van der Waals surface area contributed by atoms with Crippen molar-refractivity contribution in [2.24, 2.45) is 0 Å².